The zero-order chi connectivity index (χ0) is 26.5. The van der Waals surface area contributed by atoms with Crippen molar-refractivity contribution in [3.05, 3.63) is 83.9 Å². The Balaban J connectivity index is 1.76. The number of anilines is 1. The Hall–Kier alpha value is -4.59. The van der Waals surface area contributed by atoms with Crippen molar-refractivity contribution in [2.45, 2.75) is 27.3 Å². The maximum Gasteiger partial charge on any atom is 0.333 e. The van der Waals surface area contributed by atoms with E-state index in [0.29, 0.717) is 28.3 Å². The molecule has 190 valence electrons. The fraction of sp³-hybridized carbons (Fsp3) is 0.207. The van der Waals surface area contributed by atoms with Gasteiger partial charge in [0.15, 0.2) is 0 Å². The number of oxime groups is 1. The highest BCUT2D eigenvalue weighted by Gasteiger charge is 2.18. The number of rotatable bonds is 9. The Kier molecular flexibility index (Phi) is 7.57. The topological polar surface area (TPSA) is 105 Å². The van der Waals surface area contributed by atoms with Crippen LogP contribution in [-0.4, -0.2) is 35.4 Å². The van der Waals surface area contributed by atoms with Crippen LogP contribution in [0.3, 0.4) is 0 Å². The minimum atomic E-state index is -0.543. The summed E-state index contributed by atoms with van der Waals surface area (Å²) in [7, 11) is 0. The fourth-order valence-electron chi connectivity index (χ4n) is 4.17. The molecule has 0 saturated heterocycles. The molecular weight excluding hydrogens is 470 g/mol. The van der Waals surface area contributed by atoms with Gasteiger partial charge in [-0.3, -0.25) is 0 Å². The van der Waals surface area contributed by atoms with E-state index in [1.165, 1.54) is 6.92 Å². The number of fused-ring (bicyclic) bond motifs is 3. The molecule has 8 heteroatoms. The monoisotopic (exact) mass is 499 g/mol. The van der Waals surface area contributed by atoms with Crippen LogP contribution in [0.25, 0.3) is 21.8 Å². The van der Waals surface area contributed by atoms with Crippen molar-refractivity contribution in [3.8, 4) is 5.75 Å². The highest BCUT2D eigenvalue weighted by Crippen LogP contribution is 2.32. The smallest absolute Gasteiger partial charge is 0.333 e. The molecule has 1 heterocycles. The van der Waals surface area contributed by atoms with Crippen LogP contribution in [0.5, 0.6) is 5.75 Å². The molecule has 1 aromatic heterocycles. The molecule has 0 unspecified atom stereocenters. The predicted octanol–water partition coefficient (Wildman–Crippen LogP) is 5.21. The summed E-state index contributed by atoms with van der Waals surface area (Å²) in [5.74, 6) is -0.520. The minimum Gasteiger partial charge on any atom is -0.489 e. The van der Waals surface area contributed by atoms with Gasteiger partial charge in [0.25, 0.3) is 0 Å². The van der Waals surface area contributed by atoms with Gasteiger partial charge in [0.2, 0.25) is 0 Å². The summed E-state index contributed by atoms with van der Waals surface area (Å²) >= 11 is 0. The van der Waals surface area contributed by atoms with Gasteiger partial charge < -0.3 is 24.6 Å². The van der Waals surface area contributed by atoms with Gasteiger partial charge in [0.05, 0.1) is 0 Å². The zero-order valence-electron chi connectivity index (χ0n) is 21.1. The van der Waals surface area contributed by atoms with E-state index in [-0.39, 0.29) is 13.2 Å². The summed E-state index contributed by atoms with van der Waals surface area (Å²) in [5.41, 5.74) is 11.0. The second-order valence-electron chi connectivity index (χ2n) is 8.54. The average Bonchev–Trinajstić information content (AvgIpc) is 3.19. The number of ether oxygens (including phenoxy) is 2. The maximum absolute atomic E-state index is 11.7. The summed E-state index contributed by atoms with van der Waals surface area (Å²) in [5, 5.41) is 6.22. The van der Waals surface area contributed by atoms with Gasteiger partial charge in [-0.05, 0) is 56.3 Å². The Morgan fingerprint density at radius 2 is 1.68 bits per heavy atom. The first-order valence-corrected chi connectivity index (χ1v) is 11.9. The van der Waals surface area contributed by atoms with Crippen molar-refractivity contribution in [2.75, 3.05) is 18.9 Å². The first kappa shape index (κ1) is 25.5. The number of nitrogens with zero attached hydrogens (tertiary/aromatic N) is 2. The standard InChI is InChI=1S/C29H29N3O5/c1-5-32-25-12-10-20(16-23(25)24-17-21(30)11-13-26(24)32)28(31-37-19(4)33)22-8-6-7-9-27(22)35-14-15-36-29(34)18(2)3/h6-13,16-17H,2,5,14-15,30H2,1,3-4H3/b31-28-. The van der Waals surface area contributed by atoms with E-state index in [9.17, 15) is 9.59 Å². The van der Waals surface area contributed by atoms with Gasteiger partial charge in [-0.15, -0.1) is 0 Å². The zero-order valence-corrected chi connectivity index (χ0v) is 21.1. The SMILES string of the molecule is C=C(C)C(=O)OCCOc1ccccc1/C(=N\OC(C)=O)c1ccc2c(c1)c1cc(N)ccc1n2CC. The number of hydrogen-bond acceptors (Lipinski definition) is 7. The number of nitrogens with two attached hydrogens (primary N) is 1. The normalized spacial score (nSPS) is 11.5. The van der Waals surface area contributed by atoms with E-state index < -0.39 is 11.9 Å². The molecule has 0 aliphatic rings. The van der Waals surface area contributed by atoms with Crippen molar-refractivity contribution >= 4 is 45.1 Å². The lowest BCUT2D eigenvalue weighted by Gasteiger charge is -2.14. The molecule has 0 atom stereocenters. The molecule has 8 nitrogen and oxygen atoms in total. The van der Waals surface area contributed by atoms with E-state index >= 15 is 0 Å². The Morgan fingerprint density at radius 3 is 2.38 bits per heavy atom. The third kappa shape index (κ3) is 5.48. The molecule has 4 aromatic rings. The van der Waals surface area contributed by atoms with E-state index in [2.05, 4.69) is 23.2 Å². The van der Waals surface area contributed by atoms with Crippen LogP contribution in [0.1, 0.15) is 31.9 Å². The lowest BCUT2D eigenvalue weighted by Crippen LogP contribution is -2.14. The molecule has 0 bridgehead atoms. The van der Waals surface area contributed by atoms with Gasteiger partial charge in [-0.2, -0.15) is 0 Å². The molecule has 2 N–H and O–H groups in total. The number of hydrogen-bond donors (Lipinski definition) is 1. The second-order valence-corrected chi connectivity index (χ2v) is 8.54. The number of nitrogen functional groups attached to an aromatic ring is 1. The van der Waals surface area contributed by atoms with Crippen LogP contribution in [-0.2, 0) is 25.7 Å². The van der Waals surface area contributed by atoms with Gasteiger partial charge >= 0.3 is 11.9 Å². The molecule has 0 radical (unpaired) electrons. The summed E-state index contributed by atoms with van der Waals surface area (Å²) in [6.07, 6.45) is 0. The van der Waals surface area contributed by atoms with Gasteiger partial charge in [0.1, 0.15) is 24.7 Å². The van der Waals surface area contributed by atoms with Crippen LogP contribution >= 0.6 is 0 Å². The number of aryl methyl sites for hydroxylation is 1. The Morgan fingerprint density at radius 1 is 0.973 bits per heavy atom. The van der Waals surface area contributed by atoms with Crippen LogP contribution in [0.4, 0.5) is 5.69 Å². The third-order valence-electron chi connectivity index (χ3n) is 5.81. The molecular formula is C29H29N3O5. The molecule has 0 aliphatic heterocycles. The molecule has 4 rings (SSSR count). The number of esters is 1. The molecule has 3 aromatic carbocycles. The predicted molar refractivity (Wildman–Crippen MR) is 145 cm³/mol. The lowest BCUT2D eigenvalue weighted by atomic mass is 9.99. The summed E-state index contributed by atoms with van der Waals surface area (Å²) in [4.78, 5) is 28.4. The van der Waals surface area contributed by atoms with Crippen LogP contribution < -0.4 is 10.5 Å². The summed E-state index contributed by atoms with van der Waals surface area (Å²) in [6.45, 7) is 9.51. The van der Waals surface area contributed by atoms with Crippen molar-refractivity contribution < 1.29 is 23.9 Å². The summed E-state index contributed by atoms with van der Waals surface area (Å²) in [6, 6.07) is 19.1. The highest BCUT2D eigenvalue weighted by molar-refractivity contribution is 6.18. The van der Waals surface area contributed by atoms with Crippen molar-refractivity contribution in [1.29, 1.82) is 0 Å². The largest absolute Gasteiger partial charge is 0.489 e. The van der Waals surface area contributed by atoms with Gasteiger partial charge in [-0.25, -0.2) is 9.59 Å². The first-order chi connectivity index (χ1) is 17.8. The molecule has 37 heavy (non-hydrogen) atoms. The number of carbonyl (C=O) groups is 2. The minimum absolute atomic E-state index is 0.0559. The van der Waals surface area contributed by atoms with Crippen LogP contribution in [0.15, 0.2) is 78.0 Å². The quantitative estimate of drug-likeness (QED) is 0.0645. The van der Waals surface area contributed by atoms with Gasteiger partial charge in [0, 0.05) is 57.7 Å². The van der Waals surface area contributed by atoms with E-state index in [0.717, 1.165) is 33.9 Å². The first-order valence-electron chi connectivity index (χ1n) is 11.9. The van der Waals surface area contributed by atoms with E-state index in [4.69, 9.17) is 20.0 Å². The lowest BCUT2D eigenvalue weighted by molar-refractivity contribution is -0.141. The second kappa shape index (κ2) is 11.0. The number of benzene rings is 3. The Bertz CT molecular complexity index is 1530. The van der Waals surface area contributed by atoms with Crippen molar-refractivity contribution in [2.24, 2.45) is 5.16 Å². The van der Waals surface area contributed by atoms with E-state index in [1.807, 2.05) is 54.6 Å². The van der Waals surface area contributed by atoms with E-state index in [1.54, 1.807) is 13.0 Å². The number of para-hydroxylation sites is 1. The molecule has 0 saturated carbocycles. The molecule has 0 amide bonds. The fourth-order valence-corrected chi connectivity index (χ4v) is 4.17. The molecule has 0 spiro atoms. The number of aromatic nitrogens is 1. The van der Waals surface area contributed by atoms with Crippen molar-refractivity contribution in [3.63, 3.8) is 0 Å². The number of carbonyl (C=O) groups excluding carboxylic acids is 2. The average molecular weight is 500 g/mol. The molecule has 0 aliphatic carbocycles. The Labute approximate surface area is 214 Å². The van der Waals surface area contributed by atoms with Crippen LogP contribution in [0, 0.1) is 0 Å². The van der Waals surface area contributed by atoms with Crippen LogP contribution in [0.2, 0.25) is 0 Å². The van der Waals surface area contributed by atoms with Crippen molar-refractivity contribution in [1.82, 2.24) is 4.57 Å². The maximum atomic E-state index is 11.7. The van der Waals surface area contributed by atoms with Gasteiger partial charge in [-0.1, -0.05) is 29.9 Å². The summed E-state index contributed by atoms with van der Waals surface area (Å²) < 4.78 is 13.3. The highest BCUT2D eigenvalue weighted by atomic mass is 16.7. The third-order valence-corrected chi connectivity index (χ3v) is 5.81. The molecule has 0 fully saturated rings.